The summed E-state index contributed by atoms with van der Waals surface area (Å²) in [6, 6.07) is 31.1. The molecule has 4 saturated carbocycles. The molecule has 0 spiro atoms. The second-order valence-electron chi connectivity index (χ2n) is 21.2. The zero-order valence-electron chi connectivity index (χ0n) is 37.4. The number of fused-ring (bicyclic) bond motifs is 7. The molecule has 324 valence electrons. The summed E-state index contributed by atoms with van der Waals surface area (Å²) in [5.74, 6) is -0.236. The maximum Gasteiger partial charge on any atom is 0.338 e. The summed E-state index contributed by atoms with van der Waals surface area (Å²) in [6.45, 7) is 18.5. The van der Waals surface area contributed by atoms with Crippen molar-refractivity contribution < 1.29 is 33.3 Å². The number of rotatable bonds is 11. The van der Waals surface area contributed by atoms with Crippen molar-refractivity contribution >= 4 is 30.6 Å². The maximum atomic E-state index is 14.0. The molecule has 1 heterocycles. The molecule has 1 saturated heterocycles. The number of ether oxygens (including phenoxy) is 3. The summed E-state index contributed by atoms with van der Waals surface area (Å²) in [5, 5.41) is 15.3. The maximum absolute atomic E-state index is 14.0. The van der Waals surface area contributed by atoms with E-state index in [1.54, 1.807) is 0 Å². The molecule has 8 heteroatoms. The summed E-state index contributed by atoms with van der Waals surface area (Å²) in [6.07, 6.45) is 7.50. The van der Waals surface area contributed by atoms with Gasteiger partial charge in [0.1, 0.15) is 12.2 Å². The van der Waals surface area contributed by atoms with Crippen molar-refractivity contribution in [2.45, 2.75) is 142 Å². The number of benzene rings is 3. The van der Waals surface area contributed by atoms with Crippen molar-refractivity contribution in [3.05, 3.63) is 96.6 Å². The lowest BCUT2D eigenvalue weighted by Gasteiger charge is -2.62. The van der Waals surface area contributed by atoms with Crippen molar-refractivity contribution in [3.8, 4) is 0 Å². The van der Waals surface area contributed by atoms with E-state index in [4.69, 9.17) is 18.6 Å². The fraction of sp³-hybridized carbons (Fsp3) is 0.615. The van der Waals surface area contributed by atoms with Crippen molar-refractivity contribution in [1.29, 1.82) is 0 Å². The number of esters is 2. The van der Waals surface area contributed by atoms with Gasteiger partial charge in [-0.3, -0.25) is 4.79 Å². The molecule has 3 aromatic carbocycles. The van der Waals surface area contributed by atoms with Crippen LogP contribution in [0.2, 0.25) is 5.04 Å². The highest BCUT2D eigenvalue weighted by atomic mass is 28.4. The Hall–Kier alpha value is -3.30. The molecular formula is C52H70O7Si. The van der Waals surface area contributed by atoms with E-state index in [1.165, 1.54) is 17.3 Å². The average molecular weight is 835 g/mol. The number of hydrogen-bond acceptors (Lipinski definition) is 7. The standard InChI is InChI=1S/C52H70O7Si/c1-34(33-56-60(49(4,5)6,40-20-14-10-15-21-40)41-22-16-11-17-23-41)24-27-45-35(2)47-51(8)44(32-52(47,55)59-45)42-26-25-38-30-39(57-36(3)53)28-29-50(38,7)43(42)31-46(51)58-48(54)37-18-12-9-13-19-37/h9-23,34-35,38-39,42-47,55H,24-33H2,1-8H3/t34-,35+,38+,39+,42-,43+,44+,45+,46-,47-,50+,51-,52+/m1/s1. The zero-order chi connectivity index (χ0) is 42.7. The summed E-state index contributed by atoms with van der Waals surface area (Å²) in [7, 11) is -2.67. The van der Waals surface area contributed by atoms with Gasteiger partial charge in [0.15, 0.2) is 5.79 Å². The normalized spacial score (nSPS) is 36.6. The minimum atomic E-state index is -2.67. The third kappa shape index (κ3) is 7.43. The Morgan fingerprint density at radius 3 is 2.08 bits per heavy atom. The van der Waals surface area contributed by atoms with Crippen molar-refractivity contribution in [2.75, 3.05) is 6.61 Å². The van der Waals surface area contributed by atoms with Gasteiger partial charge in [0.2, 0.25) is 0 Å². The molecule has 0 bridgehead atoms. The number of carbonyl (C=O) groups is 2. The topological polar surface area (TPSA) is 91.3 Å². The zero-order valence-corrected chi connectivity index (χ0v) is 38.4. The van der Waals surface area contributed by atoms with Gasteiger partial charge in [-0.1, -0.05) is 127 Å². The van der Waals surface area contributed by atoms with E-state index in [-0.39, 0.29) is 64.4 Å². The lowest BCUT2D eigenvalue weighted by molar-refractivity contribution is -0.212. The molecule has 4 aliphatic carbocycles. The first kappa shape index (κ1) is 43.3. The molecule has 5 fully saturated rings. The van der Waals surface area contributed by atoms with E-state index in [0.29, 0.717) is 36.3 Å². The lowest BCUT2D eigenvalue weighted by Crippen LogP contribution is -2.66. The van der Waals surface area contributed by atoms with Gasteiger partial charge in [-0.25, -0.2) is 4.79 Å². The molecule has 7 nitrogen and oxygen atoms in total. The molecule has 0 amide bonds. The first-order chi connectivity index (χ1) is 28.5. The fourth-order valence-electron chi connectivity index (χ4n) is 14.1. The minimum absolute atomic E-state index is 0.0273. The van der Waals surface area contributed by atoms with Crippen molar-refractivity contribution in [3.63, 3.8) is 0 Å². The van der Waals surface area contributed by atoms with Crippen LogP contribution < -0.4 is 10.4 Å². The molecule has 60 heavy (non-hydrogen) atoms. The minimum Gasteiger partial charge on any atom is -0.463 e. The SMILES string of the molecule is CC(=O)O[C@H]1CC[C@@]2(C)[C@@H](CC[C@@H]3[C@@H]2C[C@@H](OC(=O)c2ccccc2)[C@]2(C)[C@H]4[C@@H](C)[C@H](CC[C@@H](C)CO[Si](c5ccccc5)(c5ccccc5)C(C)(C)C)O[C@@]4(O)C[C@@H]32)C1. The van der Waals surface area contributed by atoms with E-state index in [9.17, 15) is 14.7 Å². The van der Waals surface area contributed by atoms with Crippen LogP contribution in [-0.4, -0.2) is 56.1 Å². The van der Waals surface area contributed by atoms with Gasteiger partial charge in [-0.05, 0) is 120 Å². The fourth-order valence-corrected chi connectivity index (χ4v) is 18.8. The van der Waals surface area contributed by atoms with Gasteiger partial charge in [-0.2, -0.15) is 0 Å². The van der Waals surface area contributed by atoms with Crippen molar-refractivity contribution in [1.82, 2.24) is 0 Å². The Bertz CT molecular complexity index is 1930. The van der Waals surface area contributed by atoms with Crippen LogP contribution in [-0.2, 0) is 23.4 Å². The van der Waals surface area contributed by atoms with E-state index < -0.39 is 19.5 Å². The molecule has 0 radical (unpaired) electrons. The highest BCUT2D eigenvalue weighted by Gasteiger charge is 2.74. The predicted octanol–water partition coefficient (Wildman–Crippen LogP) is 9.74. The summed E-state index contributed by atoms with van der Waals surface area (Å²) < 4.78 is 26.8. The third-order valence-corrected chi connectivity index (χ3v) is 21.9. The van der Waals surface area contributed by atoms with Crippen LogP contribution in [0.1, 0.15) is 124 Å². The molecule has 5 aliphatic rings. The molecule has 13 atom stereocenters. The highest BCUT2D eigenvalue weighted by Crippen LogP contribution is 2.72. The smallest absolute Gasteiger partial charge is 0.338 e. The Labute approximate surface area is 360 Å². The summed E-state index contributed by atoms with van der Waals surface area (Å²) in [4.78, 5) is 25.9. The van der Waals surface area contributed by atoms with Crippen LogP contribution in [0, 0.1) is 52.3 Å². The van der Waals surface area contributed by atoms with E-state index >= 15 is 0 Å². The summed E-state index contributed by atoms with van der Waals surface area (Å²) in [5.41, 5.74) is 0.149. The quantitative estimate of drug-likeness (QED) is 0.152. The van der Waals surface area contributed by atoms with Crippen molar-refractivity contribution in [2.24, 2.45) is 52.3 Å². The van der Waals surface area contributed by atoms with Crippen LogP contribution in [0.15, 0.2) is 91.0 Å². The van der Waals surface area contributed by atoms with Gasteiger partial charge in [0.25, 0.3) is 8.32 Å². The highest BCUT2D eigenvalue weighted by molar-refractivity contribution is 6.99. The molecular weight excluding hydrogens is 765 g/mol. The van der Waals surface area contributed by atoms with Crippen LogP contribution in [0.3, 0.4) is 0 Å². The lowest BCUT2D eigenvalue weighted by atomic mass is 9.43. The second-order valence-corrected chi connectivity index (χ2v) is 25.5. The van der Waals surface area contributed by atoms with Crippen LogP contribution in [0.5, 0.6) is 0 Å². The third-order valence-electron chi connectivity index (χ3n) is 16.8. The number of carbonyl (C=O) groups excluding carboxylic acids is 2. The molecule has 1 N–H and O–H groups in total. The van der Waals surface area contributed by atoms with Gasteiger partial charge in [-0.15, -0.1) is 0 Å². The first-order valence-electron chi connectivity index (χ1n) is 23.1. The van der Waals surface area contributed by atoms with Crippen LogP contribution in [0.25, 0.3) is 0 Å². The monoisotopic (exact) mass is 834 g/mol. The van der Waals surface area contributed by atoms with Gasteiger partial charge in [0, 0.05) is 31.3 Å². The Morgan fingerprint density at radius 1 is 0.867 bits per heavy atom. The first-order valence-corrected chi connectivity index (χ1v) is 25.0. The van der Waals surface area contributed by atoms with Gasteiger partial charge in [0.05, 0.1) is 11.7 Å². The van der Waals surface area contributed by atoms with Gasteiger partial charge < -0.3 is 23.7 Å². The summed E-state index contributed by atoms with van der Waals surface area (Å²) >= 11 is 0. The van der Waals surface area contributed by atoms with E-state index in [2.05, 4.69) is 109 Å². The predicted molar refractivity (Wildman–Crippen MR) is 238 cm³/mol. The largest absolute Gasteiger partial charge is 0.463 e. The average Bonchev–Trinajstić information content (AvgIpc) is 3.63. The van der Waals surface area contributed by atoms with E-state index in [0.717, 1.165) is 51.4 Å². The Morgan fingerprint density at radius 2 is 1.48 bits per heavy atom. The molecule has 0 aromatic heterocycles. The number of hydrogen-bond donors (Lipinski definition) is 1. The van der Waals surface area contributed by atoms with Crippen LogP contribution >= 0.6 is 0 Å². The molecule has 3 aromatic rings. The van der Waals surface area contributed by atoms with E-state index in [1.807, 2.05) is 30.3 Å². The molecule has 1 aliphatic heterocycles. The molecule has 8 rings (SSSR count). The van der Waals surface area contributed by atoms with Gasteiger partial charge >= 0.3 is 11.9 Å². The van der Waals surface area contributed by atoms with Crippen LogP contribution in [0.4, 0.5) is 0 Å². The Kier molecular flexibility index (Phi) is 11.9. The number of aliphatic hydroxyl groups is 1. The molecule has 0 unspecified atom stereocenters. The second kappa shape index (κ2) is 16.4. The Balaban J connectivity index is 1.02.